The van der Waals surface area contributed by atoms with E-state index in [1.165, 1.54) is 0 Å². The van der Waals surface area contributed by atoms with Crippen LogP contribution in [0.4, 0.5) is 0 Å². The van der Waals surface area contributed by atoms with Gasteiger partial charge < -0.3 is 5.11 Å². The van der Waals surface area contributed by atoms with E-state index in [0.29, 0.717) is 0 Å². The van der Waals surface area contributed by atoms with E-state index in [-0.39, 0.29) is 5.54 Å². The van der Waals surface area contributed by atoms with Gasteiger partial charge in [-0.2, -0.15) is 0 Å². The van der Waals surface area contributed by atoms with Crippen molar-refractivity contribution in [1.82, 2.24) is 5.32 Å². The number of hydrogen-bond donors (Lipinski definition) is 2. The summed E-state index contributed by atoms with van der Waals surface area (Å²) < 4.78 is 0. The van der Waals surface area contributed by atoms with E-state index in [9.17, 15) is 4.79 Å². The number of carbonyl (C=O) groups is 1. The molecular formula is C9H19NO2. The van der Waals surface area contributed by atoms with Crippen molar-refractivity contribution in [3.63, 3.8) is 0 Å². The monoisotopic (exact) mass is 173 g/mol. The molecule has 0 aromatic heterocycles. The molecular weight excluding hydrogens is 154 g/mol. The van der Waals surface area contributed by atoms with E-state index in [1.54, 1.807) is 6.92 Å². The second-order valence-corrected chi connectivity index (χ2v) is 3.47. The quantitative estimate of drug-likeness (QED) is 0.664. The molecule has 72 valence electrons. The van der Waals surface area contributed by atoms with Gasteiger partial charge in [-0.05, 0) is 26.7 Å². The van der Waals surface area contributed by atoms with Gasteiger partial charge >= 0.3 is 5.97 Å². The first-order chi connectivity index (χ1) is 5.45. The second-order valence-electron chi connectivity index (χ2n) is 3.47. The van der Waals surface area contributed by atoms with E-state index in [0.717, 1.165) is 12.8 Å². The molecule has 0 spiro atoms. The molecule has 0 saturated heterocycles. The van der Waals surface area contributed by atoms with Crippen LogP contribution < -0.4 is 5.32 Å². The fourth-order valence-corrected chi connectivity index (χ4v) is 1.04. The van der Waals surface area contributed by atoms with Crippen LogP contribution in [0, 0.1) is 0 Å². The van der Waals surface area contributed by atoms with Gasteiger partial charge in [0, 0.05) is 5.54 Å². The number of rotatable bonds is 5. The Morgan fingerprint density at radius 1 is 1.50 bits per heavy atom. The number of nitrogens with one attached hydrogen (secondary N) is 1. The van der Waals surface area contributed by atoms with Crippen molar-refractivity contribution < 1.29 is 9.90 Å². The predicted octanol–water partition coefficient (Wildman–Crippen LogP) is 1.63. The molecule has 0 aromatic rings. The Kier molecular flexibility index (Phi) is 4.24. The molecule has 0 saturated carbocycles. The zero-order valence-corrected chi connectivity index (χ0v) is 8.35. The van der Waals surface area contributed by atoms with Crippen LogP contribution in [0.2, 0.25) is 0 Å². The van der Waals surface area contributed by atoms with Gasteiger partial charge in [0.2, 0.25) is 0 Å². The van der Waals surface area contributed by atoms with E-state index in [4.69, 9.17) is 5.11 Å². The standard InChI is InChI=1S/C9H19NO2/c1-5-9(4,6-2)10-7(3)8(11)12/h7,10H,5-6H2,1-4H3,(H,11,12). The summed E-state index contributed by atoms with van der Waals surface area (Å²) in [4.78, 5) is 10.5. The van der Waals surface area contributed by atoms with Crippen LogP contribution in [-0.4, -0.2) is 22.7 Å². The molecule has 12 heavy (non-hydrogen) atoms. The minimum absolute atomic E-state index is 0.0438. The first-order valence-electron chi connectivity index (χ1n) is 4.45. The molecule has 1 atom stereocenters. The molecule has 0 aliphatic carbocycles. The Labute approximate surface area is 74.2 Å². The highest BCUT2D eigenvalue weighted by atomic mass is 16.4. The Morgan fingerprint density at radius 3 is 2.17 bits per heavy atom. The predicted molar refractivity (Wildman–Crippen MR) is 49.2 cm³/mol. The maximum atomic E-state index is 10.5. The topological polar surface area (TPSA) is 49.3 Å². The fourth-order valence-electron chi connectivity index (χ4n) is 1.04. The van der Waals surface area contributed by atoms with Crippen molar-refractivity contribution in [2.24, 2.45) is 0 Å². The second kappa shape index (κ2) is 4.45. The highest BCUT2D eigenvalue weighted by Crippen LogP contribution is 2.14. The first-order valence-corrected chi connectivity index (χ1v) is 4.45. The number of carboxylic acids is 1. The van der Waals surface area contributed by atoms with Crippen molar-refractivity contribution in [2.75, 3.05) is 0 Å². The summed E-state index contributed by atoms with van der Waals surface area (Å²) >= 11 is 0. The summed E-state index contributed by atoms with van der Waals surface area (Å²) in [6.07, 6.45) is 1.89. The average Bonchev–Trinajstić information content (AvgIpc) is 2.04. The molecule has 0 radical (unpaired) electrons. The lowest BCUT2D eigenvalue weighted by Gasteiger charge is -2.30. The normalized spacial score (nSPS) is 14.3. The fraction of sp³-hybridized carbons (Fsp3) is 0.889. The van der Waals surface area contributed by atoms with Crippen molar-refractivity contribution in [3.05, 3.63) is 0 Å². The van der Waals surface area contributed by atoms with E-state index < -0.39 is 12.0 Å². The smallest absolute Gasteiger partial charge is 0.320 e. The first kappa shape index (κ1) is 11.4. The summed E-state index contributed by atoms with van der Waals surface area (Å²) in [6, 6.07) is -0.463. The van der Waals surface area contributed by atoms with Crippen molar-refractivity contribution in [3.8, 4) is 0 Å². The van der Waals surface area contributed by atoms with Crippen LogP contribution in [0.1, 0.15) is 40.5 Å². The molecule has 1 unspecified atom stereocenters. The number of carboxylic acid groups (broad SMARTS) is 1. The summed E-state index contributed by atoms with van der Waals surface area (Å²) in [5.41, 5.74) is -0.0438. The highest BCUT2D eigenvalue weighted by molar-refractivity contribution is 5.72. The minimum Gasteiger partial charge on any atom is -0.480 e. The van der Waals surface area contributed by atoms with Crippen LogP contribution in [-0.2, 0) is 4.79 Å². The third-order valence-electron chi connectivity index (χ3n) is 2.50. The molecule has 0 aliphatic rings. The lowest BCUT2D eigenvalue weighted by molar-refractivity contribution is -0.139. The summed E-state index contributed by atoms with van der Waals surface area (Å²) in [7, 11) is 0. The van der Waals surface area contributed by atoms with Crippen LogP contribution in [0.25, 0.3) is 0 Å². The van der Waals surface area contributed by atoms with Gasteiger partial charge in [-0.1, -0.05) is 13.8 Å². The maximum Gasteiger partial charge on any atom is 0.320 e. The van der Waals surface area contributed by atoms with E-state index in [1.807, 2.05) is 6.92 Å². The van der Waals surface area contributed by atoms with Crippen molar-refractivity contribution >= 4 is 5.97 Å². The van der Waals surface area contributed by atoms with Crippen molar-refractivity contribution in [1.29, 1.82) is 0 Å². The van der Waals surface area contributed by atoms with Gasteiger partial charge in [0.25, 0.3) is 0 Å². The lowest BCUT2D eigenvalue weighted by Crippen LogP contribution is -2.49. The van der Waals surface area contributed by atoms with Gasteiger partial charge in [0.1, 0.15) is 6.04 Å². The zero-order valence-electron chi connectivity index (χ0n) is 8.35. The molecule has 0 bridgehead atoms. The van der Waals surface area contributed by atoms with Gasteiger partial charge in [-0.25, -0.2) is 0 Å². The third kappa shape index (κ3) is 3.22. The van der Waals surface area contributed by atoms with Crippen LogP contribution in [0.5, 0.6) is 0 Å². The lowest BCUT2D eigenvalue weighted by atomic mass is 9.94. The SMILES string of the molecule is CCC(C)(CC)NC(C)C(=O)O. The van der Waals surface area contributed by atoms with Crippen LogP contribution in [0.15, 0.2) is 0 Å². The Balaban J connectivity index is 4.11. The Hall–Kier alpha value is -0.570. The van der Waals surface area contributed by atoms with Gasteiger partial charge in [-0.3, -0.25) is 10.1 Å². The molecule has 0 heterocycles. The molecule has 3 heteroatoms. The van der Waals surface area contributed by atoms with E-state index >= 15 is 0 Å². The third-order valence-corrected chi connectivity index (χ3v) is 2.50. The van der Waals surface area contributed by atoms with E-state index in [2.05, 4.69) is 19.2 Å². The largest absolute Gasteiger partial charge is 0.480 e. The number of hydrogen-bond acceptors (Lipinski definition) is 2. The van der Waals surface area contributed by atoms with Crippen LogP contribution >= 0.6 is 0 Å². The maximum absolute atomic E-state index is 10.5. The zero-order chi connectivity index (χ0) is 9.78. The van der Waals surface area contributed by atoms with Crippen LogP contribution in [0.3, 0.4) is 0 Å². The highest BCUT2D eigenvalue weighted by Gasteiger charge is 2.24. The van der Waals surface area contributed by atoms with Gasteiger partial charge in [-0.15, -0.1) is 0 Å². The molecule has 3 nitrogen and oxygen atoms in total. The Bertz CT molecular complexity index is 153. The van der Waals surface area contributed by atoms with Crippen molar-refractivity contribution in [2.45, 2.75) is 52.1 Å². The van der Waals surface area contributed by atoms with Gasteiger partial charge in [0.05, 0.1) is 0 Å². The molecule has 2 N–H and O–H groups in total. The summed E-state index contributed by atoms with van der Waals surface area (Å²) in [6.45, 7) is 7.84. The van der Waals surface area contributed by atoms with Gasteiger partial charge in [0.15, 0.2) is 0 Å². The molecule has 0 fully saturated rings. The number of aliphatic carboxylic acids is 1. The molecule has 0 amide bonds. The minimum atomic E-state index is -0.789. The summed E-state index contributed by atoms with van der Waals surface area (Å²) in [5.74, 6) is -0.789. The summed E-state index contributed by atoms with van der Waals surface area (Å²) in [5, 5.41) is 11.8. The Morgan fingerprint density at radius 2 is 1.92 bits per heavy atom. The molecule has 0 aromatic carbocycles. The molecule has 0 aliphatic heterocycles. The average molecular weight is 173 g/mol. The molecule has 0 rings (SSSR count).